The van der Waals surface area contributed by atoms with Crippen LogP contribution in [0.5, 0.6) is 0 Å². The highest BCUT2D eigenvalue weighted by molar-refractivity contribution is 5.99. The Kier molecular flexibility index (Phi) is 6.48. The SMILES string of the molecule is COC(=O)CNC(=O)CNC(=O)Cc1ccnc2c(-c3cc4c(cnn4C)cc3F)cccc12. The molecule has 34 heavy (non-hydrogen) atoms. The van der Waals surface area contributed by atoms with Crippen LogP contribution in [0.2, 0.25) is 0 Å². The van der Waals surface area contributed by atoms with E-state index in [1.165, 1.54) is 13.2 Å². The van der Waals surface area contributed by atoms with Gasteiger partial charge in [-0.1, -0.05) is 18.2 Å². The Morgan fingerprint density at radius 2 is 1.85 bits per heavy atom. The van der Waals surface area contributed by atoms with Gasteiger partial charge in [-0.3, -0.25) is 24.0 Å². The zero-order chi connectivity index (χ0) is 24.2. The maximum atomic E-state index is 15.0. The first kappa shape index (κ1) is 22.8. The Labute approximate surface area is 193 Å². The average molecular weight is 463 g/mol. The van der Waals surface area contributed by atoms with Gasteiger partial charge in [0, 0.05) is 35.1 Å². The standard InChI is InChI=1S/C24H22FN5O4/c1-30-20-10-18(19(25)8-15(20)11-29-30)17-5-3-4-16-14(6-7-26-24(16)17)9-21(31)27-12-22(32)28-13-23(33)34-2/h3-8,10-11H,9,12-13H2,1-2H3,(H,27,31)(H,28,32). The van der Waals surface area contributed by atoms with Crippen molar-refractivity contribution in [1.29, 1.82) is 0 Å². The predicted octanol–water partition coefficient (Wildman–Crippen LogP) is 1.88. The number of aromatic nitrogens is 3. The molecule has 0 fully saturated rings. The molecule has 4 aromatic rings. The number of ether oxygens (including phenoxy) is 1. The van der Waals surface area contributed by atoms with E-state index >= 15 is 0 Å². The van der Waals surface area contributed by atoms with E-state index in [9.17, 15) is 18.8 Å². The van der Waals surface area contributed by atoms with Crippen molar-refractivity contribution in [3.63, 3.8) is 0 Å². The Morgan fingerprint density at radius 3 is 2.65 bits per heavy atom. The van der Waals surface area contributed by atoms with Crippen LogP contribution in [-0.2, 0) is 32.6 Å². The maximum Gasteiger partial charge on any atom is 0.325 e. The van der Waals surface area contributed by atoms with Gasteiger partial charge < -0.3 is 15.4 Å². The van der Waals surface area contributed by atoms with E-state index < -0.39 is 17.7 Å². The smallest absolute Gasteiger partial charge is 0.325 e. The predicted molar refractivity (Wildman–Crippen MR) is 123 cm³/mol. The van der Waals surface area contributed by atoms with Crippen LogP contribution in [0.25, 0.3) is 32.9 Å². The van der Waals surface area contributed by atoms with Crippen molar-refractivity contribution in [3.8, 4) is 11.1 Å². The third-order valence-corrected chi connectivity index (χ3v) is 5.44. The number of fused-ring (bicyclic) bond motifs is 2. The van der Waals surface area contributed by atoms with Crippen molar-refractivity contribution in [2.45, 2.75) is 6.42 Å². The summed E-state index contributed by atoms with van der Waals surface area (Å²) in [4.78, 5) is 39.8. The lowest BCUT2D eigenvalue weighted by Gasteiger charge is -2.11. The van der Waals surface area contributed by atoms with E-state index in [4.69, 9.17) is 0 Å². The molecular weight excluding hydrogens is 441 g/mol. The summed E-state index contributed by atoms with van der Waals surface area (Å²) in [7, 11) is 3.00. The minimum Gasteiger partial charge on any atom is -0.468 e. The van der Waals surface area contributed by atoms with Crippen molar-refractivity contribution in [3.05, 3.63) is 60.2 Å². The number of carbonyl (C=O) groups excluding carboxylic acids is 3. The van der Waals surface area contributed by atoms with E-state index in [0.717, 1.165) is 5.52 Å². The molecule has 0 aliphatic heterocycles. The molecule has 10 heteroatoms. The molecular formula is C24H22FN5O4. The molecule has 2 amide bonds. The van der Waals surface area contributed by atoms with Gasteiger partial charge in [-0.15, -0.1) is 0 Å². The van der Waals surface area contributed by atoms with Gasteiger partial charge in [-0.25, -0.2) is 4.39 Å². The van der Waals surface area contributed by atoms with Gasteiger partial charge in [0.05, 0.1) is 37.3 Å². The Morgan fingerprint density at radius 1 is 1.06 bits per heavy atom. The normalized spacial score (nSPS) is 10.9. The third-order valence-electron chi connectivity index (χ3n) is 5.44. The Bertz CT molecular complexity index is 1420. The highest BCUT2D eigenvalue weighted by Crippen LogP contribution is 2.33. The van der Waals surface area contributed by atoms with Crippen LogP contribution in [0.4, 0.5) is 4.39 Å². The van der Waals surface area contributed by atoms with Gasteiger partial charge in [-0.2, -0.15) is 5.10 Å². The van der Waals surface area contributed by atoms with Gasteiger partial charge in [-0.05, 0) is 23.8 Å². The monoisotopic (exact) mass is 463 g/mol. The second-order valence-corrected chi connectivity index (χ2v) is 7.64. The number of esters is 1. The highest BCUT2D eigenvalue weighted by atomic mass is 19.1. The number of hydrogen-bond donors (Lipinski definition) is 2. The Hall–Kier alpha value is -4.34. The molecule has 0 atom stereocenters. The first-order chi connectivity index (χ1) is 16.4. The number of nitrogens with zero attached hydrogens (tertiary/aromatic N) is 3. The molecule has 174 valence electrons. The van der Waals surface area contributed by atoms with Crippen LogP contribution in [0.15, 0.2) is 48.8 Å². The van der Waals surface area contributed by atoms with Gasteiger partial charge in [0.1, 0.15) is 12.4 Å². The number of nitrogens with one attached hydrogen (secondary N) is 2. The molecule has 2 N–H and O–H groups in total. The lowest BCUT2D eigenvalue weighted by atomic mass is 9.97. The summed E-state index contributed by atoms with van der Waals surface area (Å²) < 4.78 is 21.1. The zero-order valence-corrected chi connectivity index (χ0v) is 18.6. The van der Waals surface area contributed by atoms with Crippen LogP contribution in [0.1, 0.15) is 5.56 Å². The number of para-hydroxylation sites is 1. The fourth-order valence-corrected chi connectivity index (χ4v) is 3.70. The number of benzene rings is 2. The number of hydrogen-bond acceptors (Lipinski definition) is 6. The second-order valence-electron chi connectivity index (χ2n) is 7.64. The van der Waals surface area contributed by atoms with E-state index in [1.54, 1.807) is 48.4 Å². The number of aryl methyl sites for hydroxylation is 1. The largest absolute Gasteiger partial charge is 0.468 e. The molecule has 0 saturated carbocycles. The minimum atomic E-state index is -0.585. The van der Waals surface area contributed by atoms with Gasteiger partial charge in [0.15, 0.2) is 0 Å². The number of rotatable bonds is 7. The van der Waals surface area contributed by atoms with Crippen LogP contribution < -0.4 is 10.6 Å². The van der Waals surface area contributed by atoms with Crippen LogP contribution in [-0.4, -0.2) is 52.7 Å². The maximum absolute atomic E-state index is 15.0. The molecule has 2 heterocycles. The molecule has 2 aromatic carbocycles. The quantitative estimate of drug-likeness (QED) is 0.405. The third kappa shape index (κ3) is 4.70. The Balaban J connectivity index is 1.56. The van der Waals surface area contributed by atoms with E-state index in [2.05, 4.69) is 25.5 Å². The highest BCUT2D eigenvalue weighted by Gasteiger charge is 2.16. The summed E-state index contributed by atoms with van der Waals surface area (Å²) in [6, 6.07) is 10.3. The van der Waals surface area contributed by atoms with Gasteiger partial charge >= 0.3 is 5.97 Å². The summed E-state index contributed by atoms with van der Waals surface area (Å²) in [5.74, 6) is -1.87. The molecule has 0 spiro atoms. The summed E-state index contributed by atoms with van der Waals surface area (Å²) in [6.45, 7) is -0.551. The number of methoxy groups -OCH3 is 1. The molecule has 0 saturated heterocycles. The molecule has 0 unspecified atom stereocenters. The van der Waals surface area contributed by atoms with Crippen molar-refractivity contribution in [2.24, 2.45) is 7.05 Å². The fraction of sp³-hybridized carbons (Fsp3) is 0.208. The first-order valence-corrected chi connectivity index (χ1v) is 10.5. The van der Waals surface area contributed by atoms with E-state index in [-0.39, 0.29) is 25.4 Å². The average Bonchev–Trinajstić information content (AvgIpc) is 3.19. The summed E-state index contributed by atoms with van der Waals surface area (Å²) in [5, 5.41) is 10.4. The van der Waals surface area contributed by atoms with Crippen molar-refractivity contribution in [2.75, 3.05) is 20.2 Å². The first-order valence-electron chi connectivity index (χ1n) is 10.5. The van der Waals surface area contributed by atoms with Crippen LogP contribution in [0, 0.1) is 5.82 Å². The van der Waals surface area contributed by atoms with Gasteiger partial charge in [0.2, 0.25) is 11.8 Å². The lowest BCUT2D eigenvalue weighted by Crippen LogP contribution is -2.39. The topological polar surface area (TPSA) is 115 Å². The van der Waals surface area contributed by atoms with Crippen LogP contribution >= 0.6 is 0 Å². The summed E-state index contributed by atoms with van der Waals surface area (Å²) in [6.07, 6.45) is 3.17. The molecule has 4 rings (SSSR count). The minimum absolute atomic E-state index is 0.00397. The zero-order valence-electron chi connectivity index (χ0n) is 18.6. The van der Waals surface area contributed by atoms with Gasteiger partial charge in [0.25, 0.3) is 0 Å². The second kappa shape index (κ2) is 9.65. The molecule has 0 radical (unpaired) electrons. The number of amides is 2. The molecule has 9 nitrogen and oxygen atoms in total. The number of halogens is 1. The summed E-state index contributed by atoms with van der Waals surface area (Å²) in [5.41, 5.74) is 3.01. The number of carbonyl (C=O) groups is 3. The molecule has 0 aliphatic carbocycles. The summed E-state index contributed by atoms with van der Waals surface area (Å²) >= 11 is 0. The molecule has 0 bridgehead atoms. The molecule has 0 aliphatic rings. The lowest BCUT2D eigenvalue weighted by molar-refractivity contribution is -0.141. The van der Waals surface area contributed by atoms with Crippen molar-refractivity contribution in [1.82, 2.24) is 25.4 Å². The van der Waals surface area contributed by atoms with Crippen LogP contribution in [0.3, 0.4) is 0 Å². The molecule has 2 aromatic heterocycles. The van der Waals surface area contributed by atoms with E-state index in [0.29, 0.717) is 33.0 Å². The number of pyridine rings is 1. The fourth-order valence-electron chi connectivity index (χ4n) is 3.70. The van der Waals surface area contributed by atoms with Crippen molar-refractivity contribution < 1.29 is 23.5 Å². The van der Waals surface area contributed by atoms with Crippen molar-refractivity contribution >= 4 is 39.6 Å². The van der Waals surface area contributed by atoms with E-state index in [1.807, 2.05) is 6.07 Å².